The molecule has 236 valence electrons. The summed E-state index contributed by atoms with van der Waals surface area (Å²) >= 11 is 19.6. The first-order valence-corrected chi connectivity index (χ1v) is 15.8. The lowest BCUT2D eigenvalue weighted by atomic mass is 10.3. The molecule has 0 aliphatic carbocycles. The van der Waals surface area contributed by atoms with E-state index in [1.807, 2.05) is 27.7 Å². The number of likely N-dealkylation sites (N-methyl/N-ethyl adjacent to an activating group) is 3. The lowest BCUT2D eigenvalue weighted by Crippen LogP contribution is -2.41. The summed E-state index contributed by atoms with van der Waals surface area (Å²) in [5.41, 5.74) is 0. The Morgan fingerprint density at radius 3 is 0.692 bits per heavy atom. The summed E-state index contributed by atoms with van der Waals surface area (Å²) in [7, 11) is 5.19. The second-order valence-electron chi connectivity index (χ2n) is 6.40. The maximum atomic E-state index is 10.4. The Balaban J connectivity index is -0.0000000938. The fraction of sp³-hybridized carbons (Fsp3) is 0.792. The molecular formula is C24H55N5O5S5. The van der Waals surface area contributed by atoms with Crippen molar-refractivity contribution in [3.8, 4) is 0 Å². The average Bonchev–Trinajstić information content (AvgIpc) is 3.01. The van der Waals surface area contributed by atoms with E-state index in [0.717, 1.165) is 31.4 Å². The van der Waals surface area contributed by atoms with E-state index in [1.54, 1.807) is 21.1 Å². The van der Waals surface area contributed by atoms with Gasteiger partial charge in [-0.15, -0.1) is 0 Å². The average molecular weight is 654 g/mol. The van der Waals surface area contributed by atoms with E-state index in [2.05, 4.69) is 89.7 Å². The van der Waals surface area contributed by atoms with E-state index in [4.69, 9.17) is 0 Å². The van der Waals surface area contributed by atoms with Gasteiger partial charge in [-0.05, 0) is 21.1 Å². The second kappa shape index (κ2) is 50.7. The van der Waals surface area contributed by atoms with Gasteiger partial charge in [0.25, 0.3) is 0 Å². The Kier molecular flexibility index (Phi) is 67.1. The molecule has 0 aromatic rings. The Morgan fingerprint density at radius 1 is 0.436 bits per heavy atom. The highest BCUT2D eigenvalue weighted by atomic mass is 32.1. The molecule has 0 bridgehead atoms. The minimum Gasteiger partial charge on any atom is -0.310 e. The van der Waals surface area contributed by atoms with Gasteiger partial charge in [-0.25, -0.2) is 0 Å². The molecule has 0 aromatic heterocycles. The number of hydrogen-bond donors (Lipinski definition) is 10. The summed E-state index contributed by atoms with van der Waals surface area (Å²) < 4.78 is 0. The van der Waals surface area contributed by atoms with E-state index in [1.165, 1.54) is 0 Å². The molecule has 0 saturated carbocycles. The van der Waals surface area contributed by atoms with Crippen LogP contribution >= 0.6 is 63.1 Å². The first-order chi connectivity index (χ1) is 18.8. The fourth-order valence-electron chi connectivity index (χ4n) is 1.43. The van der Waals surface area contributed by atoms with Crippen LogP contribution in [0.1, 0.15) is 27.7 Å². The van der Waals surface area contributed by atoms with E-state index >= 15 is 0 Å². The monoisotopic (exact) mass is 653 g/mol. The predicted molar refractivity (Wildman–Crippen MR) is 184 cm³/mol. The first-order valence-electron chi connectivity index (χ1n) is 12.6. The zero-order chi connectivity index (χ0) is 31.9. The molecule has 0 heterocycles. The minimum absolute atomic E-state index is 0.0802. The van der Waals surface area contributed by atoms with Crippen molar-refractivity contribution in [1.29, 1.82) is 0 Å². The summed E-state index contributed by atoms with van der Waals surface area (Å²) in [6.07, 6.45) is 4.17. The van der Waals surface area contributed by atoms with Crippen molar-refractivity contribution in [1.82, 2.24) is 26.6 Å². The number of thiol groups is 5. The van der Waals surface area contributed by atoms with Crippen molar-refractivity contribution in [3.63, 3.8) is 0 Å². The third-order valence-corrected chi connectivity index (χ3v) is 5.82. The third-order valence-electron chi connectivity index (χ3n) is 3.86. The molecule has 10 nitrogen and oxygen atoms in total. The molecule has 39 heavy (non-hydrogen) atoms. The standard InChI is InChI=1S/C8H16N2O2S2.3C4H9NOS.2C2H6/c11-3-7(5-13)9-1-2-10-8(4-12)6-14;3*1-5-4(2-6)3-7;2*1-2/h3-4,7-10,13-14H,1-2,5-6H2;3*2,4-5,7H,3H2,1H3;2*1-2H3/t7-,8-;3*4-;;/m1111../s1. The molecule has 5 atom stereocenters. The number of carbonyl (C=O) groups is 5. The maximum Gasteiger partial charge on any atom is 0.137 e. The normalized spacial score (nSPS) is 12.8. The Bertz CT molecular complexity index is 436. The summed E-state index contributed by atoms with van der Waals surface area (Å²) in [4.78, 5) is 50.3. The van der Waals surface area contributed by atoms with Gasteiger partial charge in [-0.3, -0.25) is 0 Å². The van der Waals surface area contributed by atoms with Crippen molar-refractivity contribution >= 4 is 94.6 Å². The van der Waals surface area contributed by atoms with Gasteiger partial charge in [0.05, 0.1) is 30.2 Å². The summed E-state index contributed by atoms with van der Waals surface area (Å²) in [5.74, 6) is 2.67. The van der Waals surface area contributed by atoms with E-state index in [9.17, 15) is 24.0 Å². The quantitative estimate of drug-likeness (QED) is 0.0571. The molecular weight excluding hydrogens is 599 g/mol. The van der Waals surface area contributed by atoms with Crippen LogP contribution < -0.4 is 26.6 Å². The molecule has 0 saturated heterocycles. The maximum absolute atomic E-state index is 10.4. The Morgan fingerprint density at radius 2 is 0.615 bits per heavy atom. The van der Waals surface area contributed by atoms with Crippen molar-refractivity contribution < 1.29 is 24.0 Å². The van der Waals surface area contributed by atoms with Gasteiger partial charge in [0.15, 0.2) is 0 Å². The van der Waals surface area contributed by atoms with Gasteiger partial charge in [0.2, 0.25) is 0 Å². The van der Waals surface area contributed by atoms with Crippen LogP contribution in [0.5, 0.6) is 0 Å². The van der Waals surface area contributed by atoms with Crippen molar-refractivity contribution in [2.45, 2.75) is 57.9 Å². The largest absolute Gasteiger partial charge is 0.310 e. The van der Waals surface area contributed by atoms with Crippen molar-refractivity contribution in [2.24, 2.45) is 0 Å². The van der Waals surface area contributed by atoms with Crippen LogP contribution in [0.25, 0.3) is 0 Å². The molecule has 0 spiro atoms. The van der Waals surface area contributed by atoms with Crippen LogP contribution in [-0.2, 0) is 24.0 Å². The topological polar surface area (TPSA) is 146 Å². The smallest absolute Gasteiger partial charge is 0.137 e. The van der Waals surface area contributed by atoms with Crippen LogP contribution in [0.4, 0.5) is 0 Å². The van der Waals surface area contributed by atoms with Crippen LogP contribution in [0.15, 0.2) is 0 Å². The molecule has 5 N–H and O–H groups in total. The predicted octanol–water partition coefficient (Wildman–Crippen LogP) is 0.322. The van der Waals surface area contributed by atoms with E-state index in [0.29, 0.717) is 41.9 Å². The number of hydrogen-bond acceptors (Lipinski definition) is 15. The van der Waals surface area contributed by atoms with Crippen LogP contribution in [0.2, 0.25) is 0 Å². The van der Waals surface area contributed by atoms with E-state index < -0.39 is 0 Å². The molecule has 15 heteroatoms. The molecule has 0 aliphatic rings. The molecule has 0 fully saturated rings. The highest BCUT2D eigenvalue weighted by Gasteiger charge is 2.05. The summed E-state index contributed by atoms with van der Waals surface area (Å²) in [6.45, 7) is 9.25. The highest BCUT2D eigenvalue weighted by molar-refractivity contribution is 7.80. The molecule has 0 unspecified atom stereocenters. The highest BCUT2D eigenvalue weighted by Crippen LogP contribution is 1.84. The van der Waals surface area contributed by atoms with Crippen molar-refractivity contribution in [3.05, 3.63) is 0 Å². The number of rotatable bonds is 18. The van der Waals surface area contributed by atoms with Crippen LogP contribution in [0, 0.1) is 0 Å². The van der Waals surface area contributed by atoms with Crippen molar-refractivity contribution in [2.75, 3.05) is 63.0 Å². The van der Waals surface area contributed by atoms with Gasteiger partial charge in [0, 0.05) is 41.9 Å². The minimum atomic E-state index is -0.217. The fourth-order valence-corrected chi connectivity index (χ4v) is 2.67. The van der Waals surface area contributed by atoms with Gasteiger partial charge >= 0.3 is 0 Å². The Hall–Kier alpha value is -0.100. The third kappa shape index (κ3) is 45.1. The molecule has 0 aromatic carbocycles. The zero-order valence-corrected chi connectivity index (χ0v) is 29.0. The lowest BCUT2D eigenvalue weighted by molar-refractivity contribution is -0.110. The molecule has 0 amide bonds. The van der Waals surface area contributed by atoms with Crippen LogP contribution in [0.3, 0.4) is 0 Å². The Labute approximate surface area is 264 Å². The molecule has 0 radical (unpaired) electrons. The van der Waals surface area contributed by atoms with Gasteiger partial charge in [0.1, 0.15) is 31.4 Å². The molecule has 0 aliphatic heterocycles. The van der Waals surface area contributed by atoms with E-state index in [-0.39, 0.29) is 30.2 Å². The lowest BCUT2D eigenvalue weighted by Gasteiger charge is -2.12. The summed E-state index contributed by atoms with van der Waals surface area (Å²) in [6, 6.07) is -0.674. The van der Waals surface area contributed by atoms with Crippen LogP contribution in [-0.4, -0.2) is 125 Å². The number of carbonyl (C=O) groups excluding carboxylic acids is 5. The number of nitrogens with one attached hydrogen (secondary N) is 5. The first kappa shape index (κ1) is 51.6. The van der Waals surface area contributed by atoms with Gasteiger partial charge in [-0.2, -0.15) is 63.1 Å². The summed E-state index contributed by atoms with van der Waals surface area (Å²) in [5, 5.41) is 14.2. The number of aldehydes is 5. The SMILES string of the molecule is CC.CC.CN[C@H](C=O)CS.CN[C@H](C=O)CS.CN[C@H](C=O)CS.O=C[C@H](CS)NCCN[C@H](C=O)CS. The second-order valence-corrected chi connectivity index (χ2v) is 8.23. The molecule has 0 rings (SSSR count). The zero-order valence-electron chi connectivity index (χ0n) is 24.5. The van der Waals surface area contributed by atoms with Gasteiger partial charge < -0.3 is 50.6 Å². The van der Waals surface area contributed by atoms with Gasteiger partial charge in [-0.1, -0.05) is 27.7 Å².